The van der Waals surface area contributed by atoms with Crippen LogP contribution in [0.3, 0.4) is 0 Å². The van der Waals surface area contributed by atoms with Crippen molar-refractivity contribution in [1.82, 2.24) is 16.0 Å². The Labute approximate surface area is 136 Å². The summed E-state index contributed by atoms with van der Waals surface area (Å²) in [6, 6.07) is -0.886. The van der Waals surface area contributed by atoms with Crippen LogP contribution in [-0.4, -0.2) is 59.6 Å². The summed E-state index contributed by atoms with van der Waals surface area (Å²) in [7, 11) is 0. The van der Waals surface area contributed by atoms with E-state index in [1.165, 1.54) is 0 Å². The highest BCUT2D eigenvalue weighted by molar-refractivity contribution is 7.99. The molecule has 0 bridgehead atoms. The fourth-order valence-corrected chi connectivity index (χ4v) is 2.08. The molecule has 22 heavy (non-hydrogen) atoms. The van der Waals surface area contributed by atoms with Crippen molar-refractivity contribution >= 4 is 29.5 Å². The summed E-state index contributed by atoms with van der Waals surface area (Å²) in [6.07, 6.45) is 1.17. The summed E-state index contributed by atoms with van der Waals surface area (Å²) in [5, 5.41) is 17.0. The Morgan fingerprint density at radius 2 is 1.86 bits per heavy atom. The minimum absolute atomic E-state index is 0.122. The van der Waals surface area contributed by atoms with E-state index in [0.29, 0.717) is 5.75 Å². The Bertz CT molecular complexity index is 366. The topological polar surface area (TPSA) is 108 Å². The second kappa shape index (κ2) is 12.3. The van der Waals surface area contributed by atoms with Gasteiger partial charge in [-0.15, -0.1) is 0 Å². The normalized spacial score (nSPS) is 13.2. The van der Waals surface area contributed by atoms with Gasteiger partial charge in [-0.1, -0.05) is 13.8 Å². The third-order valence-electron chi connectivity index (χ3n) is 3.04. The van der Waals surface area contributed by atoms with Crippen LogP contribution in [0.1, 0.15) is 33.6 Å². The van der Waals surface area contributed by atoms with Crippen LogP contribution >= 0.6 is 11.8 Å². The highest BCUT2D eigenvalue weighted by Gasteiger charge is 2.20. The maximum absolute atomic E-state index is 11.6. The molecule has 0 spiro atoms. The first kappa shape index (κ1) is 20.7. The summed E-state index contributed by atoms with van der Waals surface area (Å²) in [6.45, 7) is 5.96. The monoisotopic (exact) mass is 333 g/mol. The molecule has 0 aromatic rings. The number of carboxylic acid groups (broad SMARTS) is 1. The molecule has 0 aromatic carbocycles. The molecular weight excluding hydrogens is 306 g/mol. The molecule has 2 amide bonds. The van der Waals surface area contributed by atoms with Gasteiger partial charge in [-0.05, 0) is 19.1 Å². The average molecular weight is 333 g/mol. The largest absolute Gasteiger partial charge is 0.480 e. The van der Waals surface area contributed by atoms with Gasteiger partial charge < -0.3 is 21.1 Å². The Hall–Kier alpha value is -1.28. The second-order valence-electron chi connectivity index (χ2n) is 4.90. The predicted molar refractivity (Wildman–Crippen MR) is 87.9 cm³/mol. The van der Waals surface area contributed by atoms with Crippen LogP contribution in [0.15, 0.2) is 0 Å². The van der Waals surface area contributed by atoms with Gasteiger partial charge in [0.25, 0.3) is 0 Å². The van der Waals surface area contributed by atoms with Gasteiger partial charge in [-0.2, -0.15) is 11.8 Å². The molecule has 7 nitrogen and oxygen atoms in total. The van der Waals surface area contributed by atoms with Gasteiger partial charge in [0.2, 0.25) is 11.8 Å². The van der Waals surface area contributed by atoms with E-state index in [4.69, 9.17) is 5.11 Å². The molecule has 0 aromatic heterocycles. The molecule has 0 fully saturated rings. The van der Waals surface area contributed by atoms with Crippen molar-refractivity contribution < 1.29 is 19.5 Å². The number of thioether (sulfide) groups is 1. The van der Waals surface area contributed by atoms with E-state index in [0.717, 1.165) is 12.2 Å². The Balaban J connectivity index is 4.11. The summed E-state index contributed by atoms with van der Waals surface area (Å²) >= 11 is 1.62. The fourth-order valence-electron chi connectivity index (χ4n) is 1.47. The number of carboxylic acids is 1. The van der Waals surface area contributed by atoms with Gasteiger partial charge in [-0.25, -0.2) is 4.79 Å². The first-order chi connectivity index (χ1) is 10.4. The van der Waals surface area contributed by atoms with Crippen molar-refractivity contribution in [1.29, 1.82) is 0 Å². The highest BCUT2D eigenvalue weighted by atomic mass is 32.2. The Kier molecular flexibility index (Phi) is 11.6. The molecule has 0 rings (SSSR count). The maximum Gasteiger partial charge on any atom is 0.328 e. The third-order valence-corrected chi connectivity index (χ3v) is 3.94. The van der Waals surface area contributed by atoms with Crippen LogP contribution in [0, 0.1) is 0 Å². The number of carbonyl (C=O) groups excluding carboxylic acids is 2. The van der Waals surface area contributed by atoms with Crippen molar-refractivity contribution in [3.8, 4) is 0 Å². The quantitative estimate of drug-likeness (QED) is 0.380. The summed E-state index contributed by atoms with van der Waals surface area (Å²) in [4.78, 5) is 34.3. The predicted octanol–water partition coefficient (Wildman–Crippen LogP) is 0.203. The summed E-state index contributed by atoms with van der Waals surface area (Å²) in [5.41, 5.74) is 0. The van der Waals surface area contributed by atoms with Crippen LogP contribution in [0.5, 0.6) is 0 Å². The maximum atomic E-state index is 11.6. The van der Waals surface area contributed by atoms with Crippen LogP contribution in [-0.2, 0) is 14.4 Å². The van der Waals surface area contributed by atoms with Gasteiger partial charge >= 0.3 is 5.97 Å². The van der Waals surface area contributed by atoms with E-state index >= 15 is 0 Å². The first-order valence-corrected chi connectivity index (χ1v) is 8.66. The first-order valence-electron chi connectivity index (χ1n) is 7.50. The van der Waals surface area contributed by atoms with Gasteiger partial charge in [0.05, 0.1) is 6.54 Å². The molecule has 128 valence electrons. The zero-order valence-corrected chi connectivity index (χ0v) is 14.3. The lowest BCUT2D eigenvalue weighted by Crippen LogP contribution is -2.50. The molecule has 0 saturated carbocycles. The van der Waals surface area contributed by atoms with E-state index in [1.807, 2.05) is 20.8 Å². The van der Waals surface area contributed by atoms with Crippen LogP contribution in [0.2, 0.25) is 0 Å². The Morgan fingerprint density at radius 3 is 2.41 bits per heavy atom. The molecular formula is C14H27N3O4S. The molecule has 2 atom stereocenters. The van der Waals surface area contributed by atoms with E-state index in [1.54, 1.807) is 11.8 Å². The molecule has 1 unspecified atom stereocenters. The SMILES string of the molecule is CCSCCC(=O)N[C@H](CNC(=O)CNC(C)CC)C(=O)O. The van der Waals surface area contributed by atoms with Gasteiger partial charge in [0.1, 0.15) is 6.04 Å². The van der Waals surface area contributed by atoms with Crippen molar-refractivity contribution in [2.75, 3.05) is 24.6 Å². The molecule has 0 aliphatic heterocycles. The van der Waals surface area contributed by atoms with Crippen molar-refractivity contribution in [2.24, 2.45) is 0 Å². The van der Waals surface area contributed by atoms with Gasteiger partial charge in [0.15, 0.2) is 0 Å². The lowest BCUT2D eigenvalue weighted by atomic mass is 10.2. The van der Waals surface area contributed by atoms with Crippen molar-refractivity contribution in [3.63, 3.8) is 0 Å². The standard InChI is InChI=1S/C14H27N3O4S/c1-4-10(3)15-9-13(19)16-8-11(14(20)21)17-12(18)6-7-22-5-2/h10-11,15H,4-9H2,1-3H3,(H,16,19)(H,17,18)(H,20,21)/t10?,11-/m1/s1. The zero-order valence-electron chi connectivity index (χ0n) is 13.5. The number of hydrogen-bond donors (Lipinski definition) is 4. The zero-order chi connectivity index (χ0) is 17.0. The number of rotatable bonds is 12. The smallest absolute Gasteiger partial charge is 0.328 e. The van der Waals surface area contributed by atoms with Crippen LogP contribution in [0.4, 0.5) is 0 Å². The van der Waals surface area contributed by atoms with E-state index in [2.05, 4.69) is 16.0 Å². The number of amides is 2. The van der Waals surface area contributed by atoms with Gasteiger partial charge in [-0.3, -0.25) is 9.59 Å². The Morgan fingerprint density at radius 1 is 1.18 bits per heavy atom. The van der Waals surface area contributed by atoms with Crippen molar-refractivity contribution in [2.45, 2.75) is 45.7 Å². The lowest BCUT2D eigenvalue weighted by molar-refractivity contribution is -0.141. The van der Waals surface area contributed by atoms with Crippen LogP contribution in [0.25, 0.3) is 0 Å². The molecule has 0 aliphatic carbocycles. The highest BCUT2D eigenvalue weighted by Crippen LogP contribution is 2.00. The number of hydrogen-bond acceptors (Lipinski definition) is 5. The molecule has 4 N–H and O–H groups in total. The average Bonchev–Trinajstić information content (AvgIpc) is 2.48. The summed E-state index contributed by atoms with van der Waals surface area (Å²) in [5.74, 6) is -0.205. The lowest BCUT2D eigenvalue weighted by Gasteiger charge is -2.16. The van der Waals surface area contributed by atoms with Gasteiger partial charge in [0, 0.05) is 24.8 Å². The number of aliphatic carboxylic acids is 1. The molecule has 0 radical (unpaired) electrons. The third kappa shape index (κ3) is 10.4. The van der Waals surface area contributed by atoms with Crippen molar-refractivity contribution in [3.05, 3.63) is 0 Å². The van der Waals surface area contributed by atoms with E-state index in [9.17, 15) is 14.4 Å². The summed E-state index contributed by atoms with van der Waals surface area (Å²) < 4.78 is 0. The minimum Gasteiger partial charge on any atom is -0.480 e. The van der Waals surface area contributed by atoms with E-state index in [-0.39, 0.29) is 37.4 Å². The fraction of sp³-hybridized carbons (Fsp3) is 0.786. The molecule has 0 aliphatic rings. The number of carbonyl (C=O) groups is 3. The minimum atomic E-state index is -1.16. The van der Waals surface area contributed by atoms with Crippen LogP contribution < -0.4 is 16.0 Å². The van der Waals surface area contributed by atoms with E-state index < -0.39 is 12.0 Å². The molecule has 0 heterocycles. The number of nitrogens with one attached hydrogen (secondary N) is 3. The molecule has 8 heteroatoms. The molecule has 0 saturated heterocycles. The second-order valence-corrected chi connectivity index (χ2v) is 6.29.